The monoisotopic (exact) mass is 444 g/mol. The standard InChI is InChI=1S/C22H28N4O4S/c1-3-31(29,30)26-13-11-25(12-14-26)16-18-7-9-19(10-8-18)22(28)24-21-6-4-5-20(15-21)23-17(2)27/h4-10,15H,3,11-14,16H2,1-2H3,(H,23,27)(H,24,28). The normalized spacial score (nSPS) is 15.4. The van der Waals surface area contributed by atoms with Gasteiger partial charge in [0.25, 0.3) is 5.91 Å². The lowest BCUT2D eigenvalue weighted by atomic mass is 10.1. The summed E-state index contributed by atoms with van der Waals surface area (Å²) in [7, 11) is -3.13. The number of amides is 2. The third kappa shape index (κ3) is 6.36. The lowest BCUT2D eigenvalue weighted by Crippen LogP contribution is -2.48. The molecule has 1 fully saturated rings. The van der Waals surface area contributed by atoms with Gasteiger partial charge in [-0.25, -0.2) is 8.42 Å². The van der Waals surface area contributed by atoms with E-state index in [4.69, 9.17) is 0 Å². The molecule has 0 aromatic heterocycles. The fourth-order valence-electron chi connectivity index (χ4n) is 3.45. The van der Waals surface area contributed by atoms with E-state index in [1.54, 1.807) is 47.6 Å². The molecule has 0 unspecified atom stereocenters. The lowest BCUT2D eigenvalue weighted by Gasteiger charge is -2.33. The third-order valence-corrected chi connectivity index (χ3v) is 7.03. The van der Waals surface area contributed by atoms with Crippen LogP contribution in [0.2, 0.25) is 0 Å². The summed E-state index contributed by atoms with van der Waals surface area (Å²) in [6.07, 6.45) is 0. The molecule has 2 aromatic carbocycles. The van der Waals surface area contributed by atoms with Crippen molar-refractivity contribution in [3.8, 4) is 0 Å². The molecule has 2 amide bonds. The second-order valence-corrected chi connectivity index (χ2v) is 9.75. The van der Waals surface area contributed by atoms with Gasteiger partial charge in [0.2, 0.25) is 15.9 Å². The van der Waals surface area contributed by atoms with E-state index in [9.17, 15) is 18.0 Å². The minimum Gasteiger partial charge on any atom is -0.326 e. The van der Waals surface area contributed by atoms with Gasteiger partial charge in [-0.05, 0) is 42.8 Å². The fourth-order valence-corrected chi connectivity index (χ4v) is 4.53. The summed E-state index contributed by atoms with van der Waals surface area (Å²) >= 11 is 0. The van der Waals surface area contributed by atoms with Crippen molar-refractivity contribution in [2.24, 2.45) is 0 Å². The first kappa shape index (κ1) is 22.9. The average Bonchev–Trinajstić information content (AvgIpc) is 2.74. The van der Waals surface area contributed by atoms with Crippen LogP contribution in [0.25, 0.3) is 0 Å². The Morgan fingerprint density at radius 3 is 2.13 bits per heavy atom. The van der Waals surface area contributed by atoms with Crippen LogP contribution in [-0.2, 0) is 21.4 Å². The third-order valence-electron chi connectivity index (χ3n) is 5.15. The van der Waals surface area contributed by atoms with Crippen LogP contribution < -0.4 is 10.6 Å². The zero-order chi connectivity index (χ0) is 22.4. The first-order chi connectivity index (χ1) is 14.8. The number of hydrogen-bond donors (Lipinski definition) is 2. The number of benzene rings is 2. The molecule has 0 atom stereocenters. The summed E-state index contributed by atoms with van der Waals surface area (Å²) in [6, 6.07) is 14.4. The maximum absolute atomic E-state index is 12.5. The summed E-state index contributed by atoms with van der Waals surface area (Å²) in [6.45, 7) is 6.19. The smallest absolute Gasteiger partial charge is 0.255 e. The minimum atomic E-state index is -3.13. The highest BCUT2D eigenvalue weighted by molar-refractivity contribution is 7.89. The van der Waals surface area contributed by atoms with Crippen LogP contribution in [0.4, 0.5) is 11.4 Å². The van der Waals surface area contributed by atoms with Gasteiger partial charge >= 0.3 is 0 Å². The molecule has 0 spiro atoms. The van der Waals surface area contributed by atoms with Gasteiger partial charge in [0.1, 0.15) is 0 Å². The van der Waals surface area contributed by atoms with Gasteiger partial charge in [0.05, 0.1) is 5.75 Å². The highest BCUT2D eigenvalue weighted by Crippen LogP contribution is 2.17. The van der Waals surface area contributed by atoms with E-state index in [0.29, 0.717) is 49.7 Å². The van der Waals surface area contributed by atoms with Crippen LogP contribution in [0, 0.1) is 0 Å². The van der Waals surface area contributed by atoms with E-state index >= 15 is 0 Å². The number of piperazine rings is 1. The van der Waals surface area contributed by atoms with Crippen molar-refractivity contribution in [2.75, 3.05) is 42.6 Å². The van der Waals surface area contributed by atoms with Gasteiger partial charge in [-0.2, -0.15) is 4.31 Å². The topological polar surface area (TPSA) is 98.8 Å². The number of nitrogens with zero attached hydrogens (tertiary/aromatic N) is 2. The van der Waals surface area contributed by atoms with Crippen LogP contribution in [0.3, 0.4) is 0 Å². The van der Waals surface area contributed by atoms with E-state index in [1.807, 2.05) is 12.1 Å². The van der Waals surface area contributed by atoms with Crippen molar-refractivity contribution < 1.29 is 18.0 Å². The molecule has 31 heavy (non-hydrogen) atoms. The summed E-state index contributed by atoms with van der Waals surface area (Å²) in [5.41, 5.74) is 2.82. The number of carbonyl (C=O) groups excluding carboxylic acids is 2. The second kappa shape index (κ2) is 10.0. The Bertz CT molecular complexity index is 1030. The number of nitrogens with one attached hydrogen (secondary N) is 2. The van der Waals surface area contributed by atoms with Gasteiger partial charge in [0.15, 0.2) is 0 Å². The van der Waals surface area contributed by atoms with Crippen molar-refractivity contribution in [3.05, 3.63) is 59.7 Å². The molecule has 1 saturated heterocycles. The predicted molar refractivity (Wildman–Crippen MR) is 121 cm³/mol. The van der Waals surface area contributed by atoms with Crippen LogP contribution in [0.15, 0.2) is 48.5 Å². The van der Waals surface area contributed by atoms with E-state index in [1.165, 1.54) is 6.92 Å². The number of rotatable bonds is 7. The molecular weight excluding hydrogens is 416 g/mol. The van der Waals surface area contributed by atoms with Crippen LogP contribution in [0.1, 0.15) is 29.8 Å². The van der Waals surface area contributed by atoms with Gasteiger partial charge in [-0.3, -0.25) is 14.5 Å². The molecule has 0 bridgehead atoms. The largest absolute Gasteiger partial charge is 0.326 e. The van der Waals surface area contributed by atoms with E-state index in [-0.39, 0.29) is 17.6 Å². The summed E-state index contributed by atoms with van der Waals surface area (Å²) < 4.78 is 25.5. The van der Waals surface area contributed by atoms with Crippen molar-refractivity contribution in [2.45, 2.75) is 20.4 Å². The second-order valence-electron chi connectivity index (χ2n) is 7.49. The Morgan fingerprint density at radius 2 is 1.55 bits per heavy atom. The summed E-state index contributed by atoms with van der Waals surface area (Å²) in [5.74, 6) is -0.272. The molecule has 2 aromatic rings. The summed E-state index contributed by atoms with van der Waals surface area (Å²) in [5, 5.41) is 5.52. The fraction of sp³-hybridized carbons (Fsp3) is 0.364. The van der Waals surface area contributed by atoms with Crippen LogP contribution >= 0.6 is 0 Å². The molecule has 0 saturated carbocycles. The predicted octanol–water partition coefficient (Wildman–Crippen LogP) is 2.36. The van der Waals surface area contributed by atoms with E-state index < -0.39 is 10.0 Å². The molecule has 9 heteroatoms. The van der Waals surface area contributed by atoms with Gasteiger partial charge < -0.3 is 10.6 Å². The Kier molecular flexibility index (Phi) is 7.42. The zero-order valence-electron chi connectivity index (χ0n) is 17.8. The molecule has 166 valence electrons. The van der Waals surface area contributed by atoms with Crippen molar-refractivity contribution in [1.29, 1.82) is 0 Å². The van der Waals surface area contributed by atoms with Gasteiger partial charge in [-0.15, -0.1) is 0 Å². The minimum absolute atomic E-state index is 0.133. The molecule has 8 nitrogen and oxygen atoms in total. The molecule has 0 radical (unpaired) electrons. The molecular formula is C22H28N4O4S. The quantitative estimate of drug-likeness (QED) is 0.683. The highest BCUT2D eigenvalue weighted by atomic mass is 32.2. The van der Waals surface area contributed by atoms with Gasteiger partial charge in [-0.1, -0.05) is 18.2 Å². The van der Waals surface area contributed by atoms with Crippen LogP contribution in [-0.4, -0.2) is 61.4 Å². The van der Waals surface area contributed by atoms with Gasteiger partial charge in [0, 0.05) is 56.6 Å². The molecule has 1 aliphatic heterocycles. The molecule has 1 aliphatic rings. The maximum Gasteiger partial charge on any atom is 0.255 e. The maximum atomic E-state index is 12.5. The number of carbonyl (C=O) groups is 2. The average molecular weight is 445 g/mol. The van der Waals surface area contributed by atoms with E-state index in [2.05, 4.69) is 15.5 Å². The number of anilines is 2. The molecule has 0 aliphatic carbocycles. The first-order valence-electron chi connectivity index (χ1n) is 10.2. The molecule has 1 heterocycles. The molecule has 2 N–H and O–H groups in total. The Hall–Kier alpha value is -2.75. The van der Waals surface area contributed by atoms with Crippen molar-refractivity contribution in [3.63, 3.8) is 0 Å². The van der Waals surface area contributed by atoms with Crippen LogP contribution in [0.5, 0.6) is 0 Å². The summed E-state index contributed by atoms with van der Waals surface area (Å²) in [4.78, 5) is 25.9. The first-order valence-corrected chi connectivity index (χ1v) is 11.9. The van der Waals surface area contributed by atoms with E-state index in [0.717, 1.165) is 5.56 Å². The Labute approximate surface area is 183 Å². The SMILES string of the molecule is CCS(=O)(=O)N1CCN(Cc2ccc(C(=O)Nc3cccc(NC(C)=O)c3)cc2)CC1. The molecule has 3 rings (SSSR count). The van der Waals surface area contributed by atoms with Crippen molar-refractivity contribution in [1.82, 2.24) is 9.21 Å². The number of hydrogen-bond acceptors (Lipinski definition) is 5. The van der Waals surface area contributed by atoms with Crippen molar-refractivity contribution >= 4 is 33.2 Å². The lowest BCUT2D eigenvalue weighted by molar-refractivity contribution is -0.114. The highest BCUT2D eigenvalue weighted by Gasteiger charge is 2.25. The Balaban J connectivity index is 1.54. The zero-order valence-corrected chi connectivity index (χ0v) is 18.6. The number of sulfonamides is 1. The Morgan fingerprint density at radius 1 is 0.935 bits per heavy atom.